The van der Waals surface area contributed by atoms with Crippen LogP contribution < -0.4 is 16.0 Å². The second-order valence-corrected chi connectivity index (χ2v) is 10.1. The van der Waals surface area contributed by atoms with Gasteiger partial charge in [0, 0.05) is 19.1 Å². The molecule has 1 aromatic rings. The molecule has 1 aliphatic carbocycles. The average molecular weight is 485 g/mol. The Balaban J connectivity index is 1.52. The Morgan fingerprint density at radius 1 is 1.09 bits per heavy atom. The van der Waals surface area contributed by atoms with Gasteiger partial charge in [-0.15, -0.1) is 0 Å². The second kappa shape index (κ2) is 11.5. The average Bonchev–Trinajstić information content (AvgIpc) is 3.29. The molecule has 8 heteroatoms. The van der Waals surface area contributed by atoms with Crippen LogP contribution in [0.3, 0.4) is 0 Å². The topological polar surface area (TPSA) is 99.8 Å². The van der Waals surface area contributed by atoms with Crippen molar-refractivity contribution in [3.05, 3.63) is 35.4 Å². The highest BCUT2D eigenvalue weighted by Crippen LogP contribution is 2.34. The molecular weight excluding hydrogens is 444 g/mol. The third kappa shape index (κ3) is 5.70. The molecule has 0 aromatic heterocycles. The Morgan fingerprint density at radius 2 is 1.86 bits per heavy atom. The normalized spacial score (nSPS) is 29.4. The van der Waals surface area contributed by atoms with Gasteiger partial charge in [0.25, 0.3) is 0 Å². The summed E-state index contributed by atoms with van der Waals surface area (Å²) >= 11 is 0. The van der Waals surface area contributed by atoms with Crippen molar-refractivity contribution in [1.82, 2.24) is 20.9 Å². The van der Waals surface area contributed by atoms with Gasteiger partial charge in [0.2, 0.25) is 17.7 Å². The lowest BCUT2D eigenvalue weighted by Gasteiger charge is -2.38. The van der Waals surface area contributed by atoms with Gasteiger partial charge in [0.15, 0.2) is 0 Å². The van der Waals surface area contributed by atoms with Gasteiger partial charge in [-0.2, -0.15) is 0 Å². The summed E-state index contributed by atoms with van der Waals surface area (Å²) in [6.45, 7) is 4.28. The van der Waals surface area contributed by atoms with Crippen molar-refractivity contribution in [2.45, 2.75) is 102 Å². The molecule has 0 bridgehead atoms. The van der Waals surface area contributed by atoms with Crippen molar-refractivity contribution in [2.75, 3.05) is 13.7 Å². The van der Waals surface area contributed by atoms with Crippen molar-refractivity contribution < 1.29 is 19.1 Å². The summed E-state index contributed by atoms with van der Waals surface area (Å²) < 4.78 is 5.90. The molecule has 3 N–H and O–H groups in total. The van der Waals surface area contributed by atoms with Crippen molar-refractivity contribution in [3.63, 3.8) is 0 Å². The lowest BCUT2D eigenvalue weighted by molar-refractivity contribution is -0.146. The van der Waals surface area contributed by atoms with Gasteiger partial charge in [-0.1, -0.05) is 24.3 Å². The largest absolute Gasteiger partial charge is 0.378 e. The Kier molecular flexibility index (Phi) is 8.44. The number of benzene rings is 1. The van der Waals surface area contributed by atoms with Crippen molar-refractivity contribution in [3.8, 4) is 0 Å². The Bertz CT molecular complexity index is 922. The summed E-state index contributed by atoms with van der Waals surface area (Å²) in [7, 11) is 1.72. The zero-order valence-electron chi connectivity index (χ0n) is 21.2. The fraction of sp³-hybridized carbons (Fsp3) is 0.667. The summed E-state index contributed by atoms with van der Waals surface area (Å²) in [6, 6.07) is 6.63. The van der Waals surface area contributed by atoms with E-state index in [2.05, 4.69) is 28.1 Å². The lowest BCUT2D eigenvalue weighted by atomic mass is 9.87. The van der Waals surface area contributed by atoms with E-state index >= 15 is 0 Å². The molecule has 3 amide bonds. The van der Waals surface area contributed by atoms with Crippen LogP contribution in [0.1, 0.15) is 76.0 Å². The van der Waals surface area contributed by atoms with Crippen molar-refractivity contribution in [1.29, 1.82) is 0 Å². The smallest absolute Gasteiger partial charge is 0.246 e. The SMILES string of the molecule is CCO[C@H]1CC[C@H]2CC[C@@H](C(=O)N[C@@H]3CCCc4ccccc43)N2C(=O)[C@@H](NC(=O)[C@H](C)NC)C1. The molecule has 35 heavy (non-hydrogen) atoms. The van der Waals surface area contributed by atoms with E-state index in [0.29, 0.717) is 19.4 Å². The molecule has 2 heterocycles. The molecule has 4 rings (SSSR count). The summed E-state index contributed by atoms with van der Waals surface area (Å²) in [5, 5.41) is 9.13. The minimum atomic E-state index is -0.707. The fourth-order valence-corrected chi connectivity index (χ4v) is 5.90. The van der Waals surface area contributed by atoms with Crippen LogP contribution in [0.5, 0.6) is 0 Å². The molecule has 2 aliphatic heterocycles. The minimum Gasteiger partial charge on any atom is -0.378 e. The number of hydrogen-bond acceptors (Lipinski definition) is 5. The van der Waals surface area contributed by atoms with Gasteiger partial charge in [-0.3, -0.25) is 14.4 Å². The molecule has 3 aliphatic rings. The molecule has 6 atom stereocenters. The first-order valence-corrected chi connectivity index (χ1v) is 13.2. The molecule has 1 aromatic carbocycles. The standard InChI is InChI=1S/C27H40N4O4/c1-4-35-20-14-12-19-13-15-24(31(19)27(34)23(16-20)30-25(32)17(2)28-3)26(33)29-22-11-7-9-18-8-5-6-10-21(18)22/h5-6,8,10,17,19-20,22-24,28H,4,7,9,11-16H2,1-3H3,(H,29,33)(H,30,32)/t17-,19-,20-,22+,23-,24-/m0/s1. The number of hydrogen-bond donors (Lipinski definition) is 3. The van der Waals surface area contributed by atoms with Crippen LogP contribution in [0.2, 0.25) is 0 Å². The Labute approximate surface area is 208 Å². The van der Waals surface area contributed by atoms with E-state index in [4.69, 9.17) is 4.74 Å². The van der Waals surface area contributed by atoms with Crippen LogP contribution in [0.25, 0.3) is 0 Å². The van der Waals surface area contributed by atoms with Gasteiger partial charge in [0.05, 0.1) is 18.2 Å². The minimum absolute atomic E-state index is 0.0127. The summed E-state index contributed by atoms with van der Waals surface area (Å²) in [5.41, 5.74) is 2.48. The third-order valence-electron chi connectivity index (χ3n) is 7.91. The monoisotopic (exact) mass is 484 g/mol. The first-order valence-electron chi connectivity index (χ1n) is 13.2. The zero-order chi connectivity index (χ0) is 24.9. The van der Waals surface area contributed by atoms with Crippen molar-refractivity contribution >= 4 is 17.7 Å². The highest BCUT2D eigenvalue weighted by atomic mass is 16.5. The van der Waals surface area contributed by atoms with Crippen LogP contribution in [-0.4, -0.2) is 66.5 Å². The molecule has 2 fully saturated rings. The number of likely N-dealkylation sites (N-methyl/N-ethyl adjacent to an activating group) is 1. The number of nitrogens with zero attached hydrogens (tertiary/aromatic N) is 1. The lowest BCUT2D eigenvalue weighted by Crippen LogP contribution is -2.59. The quantitative estimate of drug-likeness (QED) is 0.551. The fourth-order valence-electron chi connectivity index (χ4n) is 5.90. The number of carbonyl (C=O) groups excluding carboxylic acids is 3. The number of ether oxygens (including phenoxy) is 1. The summed E-state index contributed by atoms with van der Waals surface area (Å²) in [6.07, 6.45) is 6.35. The molecule has 192 valence electrons. The summed E-state index contributed by atoms with van der Waals surface area (Å²) in [5.74, 6) is -0.479. The van der Waals surface area contributed by atoms with E-state index in [-0.39, 0.29) is 35.9 Å². The Morgan fingerprint density at radius 3 is 2.63 bits per heavy atom. The number of carbonyl (C=O) groups is 3. The maximum absolute atomic E-state index is 13.8. The van der Waals surface area contributed by atoms with Gasteiger partial charge in [0.1, 0.15) is 12.1 Å². The molecule has 0 saturated carbocycles. The molecule has 0 spiro atoms. The maximum Gasteiger partial charge on any atom is 0.246 e. The molecule has 8 nitrogen and oxygen atoms in total. The van der Waals surface area contributed by atoms with Crippen LogP contribution in [0.4, 0.5) is 0 Å². The van der Waals surface area contributed by atoms with Crippen molar-refractivity contribution in [2.24, 2.45) is 0 Å². The van der Waals surface area contributed by atoms with E-state index in [1.807, 2.05) is 19.1 Å². The van der Waals surface area contributed by atoms with Gasteiger partial charge < -0.3 is 25.6 Å². The summed E-state index contributed by atoms with van der Waals surface area (Å²) in [4.78, 5) is 41.8. The number of rotatable bonds is 7. The first kappa shape index (κ1) is 25.6. The maximum atomic E-state index is 13.8. The van der Waals surface area contributed by atoms with Crippen LogP contribution >= 0.6 is 0 Å². The molecular formula is C27H40N4O4. The van der Waals surface area contributed by atoms with E-state index < -0.39 is 18.1 Å². The van der Waals surface area contributed by atoms with Crippen LogP contribution in [-0.2, 0) is 25.5 Å². The molecule has 2 saturated heterocycles. The highest BCUT2D eigenvalue weighted by molar-refractivity contribution is 5.94. The predicted octanol–water partition coefficient (Wildman–Crippen LogP) is 2.22. The number of fused-ring (bicyclic) bond motifs is 2. The van der Waals surface area contributed by atoms with Crippen LogP contribution in [0, 0.1) is 0 Å². The first-order chi connectivity index (χ1) is 16.9. The number of amides is 3. The molecule has 0 radical (unpaired) electrons. The van der Waals surface area contributed by atoms with Crippen LogP contribution in [0.15, 0.2) is 24.3 Å². The van der Waals surface area contributed by atoms with Gasteiger partial charge >= 0.3 is 0 Å². The highest BCUT2D eigenvalue weighted by Gasteiger charge is 2.45. The predicted molar refractivity (Wildman–Crippen MR) is 134 cm³/mol. The zero-order valence-corrected chi connectivity index (χ0v) is 21.2. The number of aryl methyl sites for hydroxylation is 1. The Hall–Kier alpha value is -2.45. The third-order valence-corrected chi connectivity index (χ3v) is 7.91. The van der Waals surface area contributed by atoms with E-state index in [9.17, 15) is 14.4 Å². The number of nitrogens with one attached hydrogen (secondary N) is 3. The van der Waals surface area contributed by atoms with E-state index in [0.717, 1.165) is 38.5 Å². The molecule has 0 unspecified atom stereocenters. The van der Waals surface area contributed by atoms with E-state index in [1.165, 1.54) is 11.1 Å². The van der Waals surface area contributed by atoms with Gasteiger partial charge in [-0.05, 0) is 77.0 Å². The van der Waals surface area contributed by atoms with Gasteiger partial charge in [-0.25, -0.2) is 0 Å². The van der Waals surface area contributed by atoms with E-state index in [1.54, 1.807) is 18.9 Å². The second-order valence-electron chi connectivity index (χ2n) is 10.1.